The fourth-order valence-corrected chi connectivity index (χ4v) is 1.67. The summed E-state index contributed by atoms with van der Waals surface area (Å²) in [6.45, 7) is 0.931. The molecular formula is C8H14N4O3S. The Hall–Kier alpha value is -1.25. The largest absolute Gasteiger partial charge is 0.395 e. The molecule has 7 nitrogen and oxygen atoms in total. The summed E-state index contributed by atoms with van der Waals surface area (Å²) in [5.74, 6) is -0.291. The van der Waals surface area contributed by atoms with Gasteiger partial charge in [0.05, 0.1) is 13.2 Å². The van der Waals surface area contributed by atoms with Crippen LogP contribution in [0, 0.1) is 0 Å². The zero-order chi connectivity index (χ0) is 12.0. The second kappa shape index (κ2) is 6.36. The van der Waals surface area contributed by atoms with E-state index in [0.717, 1.165) is 11.3 Å². The van der Waals surface area contributed by atoms with E-state index in [2.05, 4.69) is 10.2 Å². The molecule has 90 valence electrons. The van der Waals surface area contributed by atoms with Gasteiger partial charge < -0.3 is 20.5 Å². The first kappa shape index (κ1) is 12.8. The molecule has 0 unspecified atom stereocenters. The molecule has 16 heavy (non-hydrogen) atoms. The van der Waals surface area contributed by atoms with Crippen molar-refractivity contribution >= 4 is 22.4 Å². The summed E-state index contributed by atoms with van der Waals surface area (Å²) in [5, 5.41) is 16.5. The second-order valence-corrected chi connectivity index (χ2v) is 3.96. The number of hydrogen-bond donors (Lipinski definition) is 2. The molecule has 0 aliphatic rings. The van der Waals surface area contributed by atoms with Crippen molar-refractivity contribution in [1.29, 1.82) is 0 Å². The van der Waals surface area contributed by atoms with Crippen molar-refractivity contribution < 1.29 is 14.6 Å². The Bertz CT molecular complexity index is 344. The first-order valence-corrected chi connectivity index (χ1v) is 5.48. The lowest BCUT2D eigenvalue weighted by atomic mass is 10.4. The van der Waals surface area contributed by atoms with Crippen molar-refractivity contribution in [2.24, 2.45) is 0 Å². The minimum atomic E-state index is -0.291. The van der Waals surface area contributed by atoms with Gasteiger partial charge in [0.15, 0.2) is 0 Å². The van der Waals surface area contributed by atoms with Crippen molar-refractivity contribution in [2.75, 3.05) is 39.1 Å². The number of aliphatic hydroxyl groups is 1. The molecule has 0 radical (unpaired) electrons. The molecule has 3 N–H and O–H groups in total. The normalized spacial score (nSPS) is 10.4. The molecule has 1 rings (SSSR count). The van der Waals surface area contributed by atoms with Gasteiger partial charge in [0.25, 0.3) is 5.91 Å². The Morgan fingerprint density at radius 3 is 2.81 bits per heavy atom. The third-order valence-corrected chi connectivity index (χ3v) is 2.59. The molecule has 0 spiro atoms. The Kier molecular flexibility index (Phi) is 5.09. The van der Waals surface area contributed by atoms with Gasteiger partial charge in [0.1, 0.15) is 0 Å². The highest BCUT2D eigenvalue weighted by atomic mass is 32.1. The van der Waals surface area contributed by atoms with Crippen LogP contribution in [0.2, 0.25) is 0 Å². The Morgan fingerprint density at radius 2 is 2.31 bits per heavy atom. The monoisotopic (exact) mass is 246 g/mol. The van der Waals surface area contributed by atoms with Gasteiger partial charge >= 0.3 is 0 Å². The third-order valence-electron chi connectivity index (χ3n) is 1.85. The number of hydrogen-bond acceptors (Lipinski definition) is 7. The SMILES string of the molecule is COCCN(CCO)C(=O)c1nnc(N)s1. The van der Waals surface area contributed by atoms with E-state index < -0.39 is 0 Å². The smallest absolute Gasteiger partial charge is 0.285 e. The lowest BCUT2D eigenvalue weighted by Gasteiger charge is -2.19. The Labute approximate surface area is 96.8 Å². The van der Waals surface area contributed by atoms with E-state index in [1.165, 1.54) is 4.90 Å². The number of methoxy groups -OCH3 is 1. The number of nitrogens with zero attached hydrogens (tertiary/aromatic N) is 3. The lowest BCUT2D eigenvalue weighted by molar-refractivity contribution is 0.0655. The van der Waals surface area contributed by atoms with Crippen LogP contribution in [0.15, 0.2) is 0 Å². The van der Waals surface area contributed by atoms with Gasteiger partial charge in [-0.1, -0.05) is 11.3 Å². The molecular weight excluding hydrogens is 232 g/mol. The number of rotatable bonds is 6. The van der Waals surface area contributed by atoms with Gasteiger partial charge in [-0.3, -0.25) is 4.79 Å². The number of aromatic nitrogens is 2. The summed E-state index contributed by atoms with van der Waals surface area (Å²) in [7, 11) is 1.55. The van der Waals surface area contributed by atoms with Crippen LogP contribution < -0.4 is 5.73 Å². The van der Waals surface area contributed by atoms with Crippen LogP contribution in [0.5, 0.6) is 0 Å². The Morgan fingerprint density at radius 1 is 1.56 bits per heavy atom. The number of nitrogen functional groups attached to an aromatic ring is 1. The van der Waals surface area contributed by atoms with Crippen LogP contribution in [0.1, 0.15) is 9.80 Å². The van der Waals surface area contributed by atoms with Crippen LogP contribution >= 0.6 is 11.3 Å². The minimum Gasteiger partial charge on any atom is -0.395 e. The maximum Gasteiger partial charge on any atom is 0.285 e. The summed E-state index contributed by atoms with van der Waals surface area (Å²) in [4.78, 5) is 13.3. The number of amides is 1. The number of carbonyl (C=O) groups excluding carboxylic acids is 1. The van der Waals surface area contributed by atoms with Gasteiger partial charge in [-0.25, -0.2) is 0 Å². The number of nitrogens with two attached hydrogens (primary N) is 1. The summed E-state index contributed by atoms with van der Waals surface area (Å²) in [6.07, 6.45) is 0. The highest BCUT2D eigenvalue weighted by Gasteiger charge is 2.19. The van der Waals surface area contributed by atoms with Gasteiger partial charge in [0.2, 0.25) is 10.1 Å². The zero-order valence-corrected chi connectivity index (χ0v) is 9.74. The van der Waals surface area contributed by atoms with Gasteiger partial charge in [-0.15, -0.1) is 10.2 Å². The summed E-state index contributed by atoms with van der Waals surface area (Å²) < 4.78 is 4.88. The summed E-state index contributed by atoms with van der Waals surface area (Å²) in [5.41, 5.74) is 5.39. The highest BCUT2D eigenvalue weighted by Crippen LogP contribution is 2.13. The average molecular weight is 246 g/mol. The van der Waals surface area contributed by atoms with E-state index in [4.69, 9.17) is 15.6 Å². The van der Waals surface area contributed by atoms with Gasteiger partial charge in [-0.2, -0.15) is 0 Å². The van der Waals surface area contributed by atoms with Gasteiger partial charge in [-0.05, 0) is 0 Å². The van der Waals surface area contributed by atoms with E-state index in [9.17, 15) is 4.79 Å². The second-order valence-electron chi connectivity index (χ2n) is 2.95. The van der Waals surface area contributed by atoms with E-state index in [1.807, 2.05) is 0 Å². The molecule has 1 aromatic heterocycles. The zero-order valence-electron chi connectivity index (χ0n) is 8.92. The number of ether oxygens (including phenoxy) is 1. The van der Waals surface area contributed by atoms with Crippen molar-refractivity contribution in [3.63, 3.8) is 0 Å². The van der Waals surface area contributed by atoms with E-state index in [-0.39, 0.29) is 29.2 Å². The van der Waals surface area contributed by atoms with E-state index >= 15 is 0 Å². The molecule has 0 aromatic carbocycles. The van der Waals surface area contributed by atoms with E-state index in [1.54, 1.807) is 7.11 Å². The minimum absolute atomic E-state index is 0.107. The number of aliphatic hydroxyl groups excluding tert-OH is 1. The molecule has 0 aliphatic carbocycles. The van der Waals surface area contributed by atoms with Crippen LogP contribution in [-0.4, -0.2) is 59.5 Å². The molecule has 0 saturated heterocycles. The summed E-state index contributed by atoms with van der Waals surface area (Å²) in [6, 6.07) is 0. The maximum atomic E-state index is 11.9. The van der Waals surface area contributed by atoms with Crippen LogP contribution in [0.4, 0.5) is 5.13 Å². The average Bonchev–Trinajstić information content (AvgIpc) is 2.70. The lowest BCUT2D eigenvalue weighted by Crippen LogP contribution is -2.36. The quantitative estimate of drug-likeness (QED) is 0.681. The van der Waals surface area contributed by atoms with Crippen LogP contribution in [-0.2, 0) is 4.74 Å². The number of anilines is 1. The van der Waals surface area contributed by atoms with Crippen molar-refractivity contribution in [3.05, 3.63) is 5.01 Å². The molecule has 8 heteroatoms. The predicted molar refractivity (Wildman–Crippen MR) is 59.2 cm³/mol. The maximum absolute atomic E-state index is 11.9. The highest BCUT2D eigenvalue weighted by molar-refractivity contribution is 7.16. The van der Waals surface area contributed by atoms with Gasteiger partial charge in [0, 0.05) is 20.2 Å². The third kappa shape index (κ3) is 3.40. The first-order chi connectivity index (χ1) is 7.69. The molecule has 1 aromatic rings. The van der Waals surface area contributed by atoms with Crippen molar-refractivity contribution in [1.82, 2.24) is 15.1 Å². The first-order valence-electron chi connectivity index (χ1n) is 4.67. The predicted octanol–water partition coefficient (Wildman–Crippen LogP) is -0.799. The molecule has 0 atom stereocenters. The standard InChI is InChI=1S/C8H14N4O3S/c1-15-5-3-12(2-4-13)7(14)6-10-11-8(9)16-6/h13H,2-5H2,1H3,(H2,9,11). The fraction of sp³-hybridized carbons (Fsp3) is 0.625. The molecule has 0 bridgehead atoms. The van der Waals surface area contributed by atoms with Crippen LogP contribution in [0.25, 0.3) is 0 Å². The molecule has 0 aliphatic heterocycles. The topological polar surface area (TPSA) is 102 Å². The Balaban J connectivity index is 2.66. The van der Waals surface area contributed by atoms with Crippen molar-refractivity contribution in [3.8, 4) is 0 Å². The molecule has 1 heterocycles. The number of carbonyl (C=O) groups is 1. The van der Waals surface area contributed by atoms with Crippen molar-refractivity contribution in [2.45, 2.75) is 0 Å². The molecule has 1 amide bonds. The summed E-state index contributed by atoms with van der Waals surface area (Å²) >= 11 is 1.03. The van der Waals surface area contributed by atoms with Crippen LogP contribution in [0.3, 0.4) is 0 Å². The molecule has 0 fully saturated rings. The molecule has 0 saturated carbocycles. The van der Waals surface area contributed by atoms with E-state index in [0.29, 0.717) is 13.2 Å². The fourth-order valence-electron chi connectivity index (χ4n) is 1.09.